The van der Waals surface area contributed by atoms with Crippen LogP contribution in [0, 0.1) is 0 Å². The van der Waals surface area contributed by atoms with Crippen LogP contribution in [-0.2, 0) is 6.42 Å². The molecule has 1 heterocycles. The van der Waals surface area contributed by atoms with Gasteiger partial charge in [0.05, 0.1) is 17.8 Å². The zero-order valence-corrected chi connectivity index (χ0v) is 13.2. The van der Waals surface area contributed by atoms with Gasteiger partial charge in [-0.05, 0) is 6.07 Å². The van der Waals surface area contributed by atoms with Crippen LogP contribution in [-0.4, -0.2) is 12.1 Å². The lowest BCUT2D eigenvalue weighted by Gasteiger charge is -2.14. The standard InChI is InChI=1S/C18H18N2OS/c1-21-17-10-6-5-9-14(17)15(19)11-18-20-16(12-22-18)13-7-3-2-4-8-13/h2-10,12,15H,11,19H2,1H3. The Labute approximate surface area is 134 Å². The van der Waals surface area contributed by atoms with E-state index >= 15 is 0 Å². The summed E-state index contributed by atoms with van der Waals surface area (Å²) in [7, 11) is 1.67. The molecule has 0 bridgehead atoms. The Balaban J connectivity index is 1.78. The third-order valence-corrected chi connectivity index (χ3v) is 4.43. The number of hydrogen-bond acceptors (Lipinski definition) is 4. The predicted molar refractivity (Wildman–Crippen MR) is 91.2 cm³/mol. The van der Waals surface area contributed by atoms with Crippen molar-refractivity contribution in [2.45, 2.75) is 12.5 Å². The minimum atomic E-state index is -0.120. The van der Waals surface area contributed by atoms with Crippen LogP contribution in [0.2, 0.25) is 0 Å². The fourth-order valence-electron chi connectivity index (χ4n) is 2.42. The molecule has 0 aliphatic rings. The van der Waals surface area contributed by atoms with Crippen LogP contribution >= 0.6 is 11.3 Å². The van der Waals surface area contributed by atoms with E-state index < -0.39 is 0 Å². The maximum Gasteiger partial charge on any atom is 0.123 e. The SMILES string of the molecule is COc1ccccc1C(N)Cc1nc(-c2ccccc2)cs1. The monoisotopic (exact) mass is 310 g/mol. The smallest absolute Gasteiger partial charge is 0.123 e. The van der Waals surface area contributed by atoms with Crippen LogP contribution in [0.25, 0.3) is 11.3 Å². The second kappa shape index (κ2) is 6.73. The van der Waals surface area contributed by atoms with Crippen molar-refractivity contribution in [3.63, 3.8) is 0 Å². The number of ether oxygens (including phenoxy) is 1. The Kier molecular flexibility index (Phi) is 4.51. The molecule has 0 saturated heterocycles. The van der Waals surface area contributed by atoms with Gasteiger partial charge in [0, 0.05) is 29.0 Å². The van der Waals surface area contributed by atoms with Gasteiger partial charge >= 0.3 is 0 Å². The quantitative estimate of drug-likeness (QED) is 0.773. The Morgan fingerprint density at radius 1 is 1.09 bits per heavy atom. The molecule has 0 amide bonds. The van der Waals surface area contributed by atoms with E-state index in [-0.39, 0.29) is 6.04 Å². The molecule has 2 aromatic carbocycles. The van der Waals surface area contributed by atoms with Gasteiger partial charge in [0.1, 0.15) is 5.75 Å². The van der Waals surface area contributed by atoms with E-state index in [1.54, 1.807) is 18.4 Å². The maximum absolute atomic E-state index is 6.34. The van der Waals surface area contributed by atoms with Crippen LogP contribution < -0.4 is 10.5 Å². The van der Waals surface area contributed by atoms with Crippen molar-refractivity contribution in [3.8, 4) is 17.0 Å². The molecule has 4 heteroatoms. The van der Waals surface area contributed by atoms with Crippen LogP contribution in [0.4, 0.5) is 0 Å². The molecule has 112 valence electrons. The van der Waals surface area contributed by atoms with E-state index in [1.807, 2.05) is 42.5 Å². The average molecular weight is 310 g/mol. The average Bonchev–Trinajstić information content (AvgIpc) is 3.04. The first-order valence-corrected chi connectivity index (χ1v) is 8.04. The van der Waals surface area contributed by atoms with Gasteiger partial charge in [-0.3, -0.25) is 0 Å². The van der Waals surface area contributed by atoms with Crippen molar-refractivity contribution >= 4 is 11.3 Å². The van der Waals surface area contributed by atoms with Crippen molar-refractivity contribution in [2.75, 3.05) is 7.11 Å². The van der Waals surface area contributed by atoms with Gasteiger partial charge in [-0.25, -0.2) is 4.98 Å². The Bertz CT molecular complexity index is 740. The molecule has 2 N–H and O–H groups in total. The van der Waals surface area contributed by atoms with E-state index in [0.717, 1.165) is 27.6 Å². The molecular formula is C18H18N2OS. The number of hydrogen-bond donors (Lipinski definition) is 1. The van der Waals surface area contributed by atoms with E-state index in [4.69, 9.17) is 15.5 Å². The summed E-state index contributed by atoms with van der Waals surface area (Å²) in [5.41, 5.74) is 9.50. The molecule has 1 atom stereocenters. The molecule has 0 spiro atoms. The number of nitrogens with two attached hydrogens (primary N) is 1. The zero-order valence-electron chi connectivity index (χ0n) is 12.4. The lowest BCUT2D eigenvalue weighted by atomic mass is 10.0. The lowest BCUT2D eigenvalue weighted by molar-refractivity contribution is 0.405. The molecule has 3 aromatic rings. The Hall–Kier alpha value is -2.17. The molecule has 0 aliphatic carbocycles. The van der Waals surface area contributed by atoms with Gasteiger partial charge in [-0.15, -0.1) is 11.3 Å². The molecule has 0 fully saturated rings. The fraction of sp³-hybridized carbons (Fsp3) is 0.167. The van der Waals surface area contributed by atoms with Crippen molar-refractivity contribution in [2.24, 2.45) is 5.73 Å². The lowest BCUT2D eigenvalue weighted by Crippen LogP contribution is -2.14. The summed E-state index contributed by atoms with van der Waals surface area (Å²) >= 11 is 1.65. The van der Waals surface area contributed by atoms with Crippen molar-refractivity contribution in [1.29, 1.82) is 0 Å². The van der Waals surface area contributed by atoms with Crippen molar-refractivity contribution < 1.29 is 4.74 Å². The topological polar surface area (TPSA) is 48.1 Å². The van der Waals surface area contributed by atoms with Gasteiger partial charge in [0.2, 0.25) is 0 Å². The number of nitrogens with zero attached hydrogens (tertiary/aromatic N) is 1. The highest BCUT2D eigenvalue weighted by molar-refractivity contribution is 7.09. The van der Waals surface area contributed by atoms with Crippen molar-refractivity contribution in [3.05, 3.63) is 70.5 Å². The summed E-state index contributed by atoms with van der Waals surface area (Å²) in [4.78, 5) is 4.70. The van der Waals surface area contributed by atoms with E-state index in [0.29, 0.717) is 6.42 Å². The number of rotatable bonds is 5. The summed E-state index contributed by atoms with van der Waals surface area (Å²) in [6.07, 6.45) is 0.706. The zero-order chi connectivity index (χ0) is 15.4. The van der Waals surface area contributed by atoms with E-state index in [2.05, 4.69) is 17.5 Å². The highest BCUT2D eigenvalue weighted by Gasteiger charge is 2.14. The first kappa shape index (κ1) is 14.8. The summed E-state index contributed by atoms with van der Waals surface area (Å²) in [6, 6.07) is 17.9. The van der Waals surface area contributed by atoms with Gasteiger partial charge in [-0.2, -0.15) is 0 Å². The number of thiazole rings is 1. The molecule has 1 unspecified atom stereocenters. The summed E-state index contributed by atoms with van der Waals surface area (Å²) in [5, 5.41) is 3.12. The summed E-state index contributed by atoms with van der Waals surface area (Å²) in [6.45, 7) is 0. The molecular weight excluding hydrogens is 292 g/mol. The van der Waals surface area contributed by atoms with E-state index in [9.17, 15) is 0 Å². The fourth-order valence-corrected chi connectivity index (χ4v) is 3.28. The summed E-state index contributed by atoms with van der Waals surface area (Å²) < 4.78 is 5.38. The third kappa shape index (κ3) is 3.18. The number of para-hydroxylation sites is 1. The van der Waals surface area contributed by atoms with Crippen LogP contribution in [0.15, 0.2) is 60.0 Å². The minimum absolute atomic E-state index is 0.120. The maximum atomic E-state index is 6.34. The molecule has 0 radical (unpaired) electrons. The second-order valence-corrected chi connectivity index (χ2v) is 5.99. The molecule has 1 aromatic heterocycles. The normalized spacial score (nSPS) is 12.1. The Morgan fingerprint density at radius 2 is 1.82 bits per heavy atom. The molecule has 0 aliphatic heterocycles. The van der Waals surface area contributed by atoms with Gasteiger partial charge < -0.3 is 10.5 Å². The first-order chi connectivity index (χ1) is 10.8. The molecule has 3 nitrogen and oxygen atoms in total. The van der Waals surface area contributed by atoms with Crippen LogP contribution in [0.1, 0.15) is 16.6 Å². The minimum Gasteiger partial charge on any atom is -0.496 e. The largest absolute Gasteiger partial charge is 0.496 e. The number of aromatic nitrogens is 1. The van der Waals surface area contributed by atoms with Crippen LogP contribution in [0.3, 0.4) is 0 Å². The summed E-state index contributed by atoms with van der Waals surface area (Å²) in [5.74, 6) is 0.829. The van der Waals surface area contributed by atoms with Gasteiger partial charge in [0.15, 0.2) is 0 Å². The Morgan fingerprint density at radius 3 is 2.59 bits per heavy atom. The number of benzene rings is 2. The van der Waals surface area contributed by atoms with Crippen LogP contribution in [0.5, 0.6) is 5.75 Å². The highest BCUT2D eigenvalue weighted by atomic mass is 32.1. The molecule has 3 rings (SSSR count). The molecule has 22 heavy (non-hydrogen) atoms. The van der Waals surface area contributed by atoms with Gasteiger partial charge in [-0.1, -0.05) is 48.5 Å². The number of methoxy groups -OCH3 is 1. The predicted octanol–water partition coefficient (Wildman–Crippen LogP) is 4.06. The third-order valence-electron chi connectivity index (χ3n) is 3.55. The van der Waals surface area contributed by atoms with Crippen molar-refractivity contribution in [1.82, 2.24) is 4.98 Å². The first-order valence-electron chi connectivity index (χ1n) is 7.16. The molecule has 0 saturated carbocycles. The van der Waals surface area contributed by atoms with Gasteiger partial charge in [0.25, 0.3) is 0 Å². The highest BCUT2D eigenvalue weighted by Crippen LogP contribution is 2.28. The van der Waals surface area contributed by atoms with E-state index in [1.165, 1.54) is 0 Å². The second-order valence-electron chi connectivity index (χ2n) is 5.05.